The summed E-state index contributed by atoms with van der Waals surface area (Å²) >= 11 is 0. The number of aryl methyl sites for hydroxylation is 1. The predicted molar refractivity (Wildman–Crippen MR) is 127 cm³/mol. The second-order valence-corrected chi connectivity index (χ2v) is 9.11. The molecule has 2 heterocycles. The van der Waals surface area contributed by atoms with Gasteiger partial charge < -0.3 is 9.80 Å². The van der Waals surface area contributed by atoms with E-state index < -0.39 is 22.4 Å². The summed E-state index contributed by atoms with van der Waals surface area (Å²) in [6.45, 7) is 3.09. The van der Waals surface area contributed by atoms with Crippen LogP contribution in [-0.4, -0.2) is 51.7 Å². The number of hydrogen-bond acceptors (Lipinski definition) is 5. The molecule has 1 aliphatic heterocycles. The maximum Gasteiger partial charge on any atom is 0.416 e. The smallest absolute Gasteiger partial charge is 0.362 e. The molecular weight excluding hydrogens is 475 g/mol. The van der Waals surface area contributed by atoms with E-state index in [1.807, 2.05) is 35.9 Å². The van der Waals surface area contributed by atoms with Gasteiger partial charge in [-0.2, -0.15) is 18.3 Å². The van der Waals surface area contributed by atoms with Crippen LogP contribution in [0.2, 0.25) is 0 Å². The molecule has 5 rings (SSSR count). The summed E-state index contributed by atoms with van der Waals surface area (Å²) < 4.78 is 41.0. The van der Waals surface area contributed by atoms with Crippen molar-refractivity contribution in [2.24, 2.45) is 0 Å². The van der Waals surface area contributed by atoms with Crippen molar-refractivity contribution in [1.29, 1.82) is 0 Å². The number of nitro groups is 1. The van der Waals surface area contributed by atoms with E-state index in [2.05, 4.69) is 5.10 Å². The number of carbonyl (C=O) groups excluding carboxylic acids is 1. The molecule has 36 heavy (non-hydrogen) atoms. The monoisotopic (exact) mass is 499 g/mol. The highest BCUT2D eigenvalue weighted by Gasteiger charge is 2.35. The number of nitrogens with zero attached hydrogens (tertiary/aromatic N) is 5. The predicted octanol–water partition coefficient (Wildman–Crippen LogP) is 4.56. The highest BCUT2D eigenvalue weighted by Crippen LogP contribution is 2.37. The summed E-state index contributed by atoms with van der Waals surface area (Å²) in [7, 11) is 0. The number of halogens is 3. The van der Waals surface area contributed by atoms with Gasteiger partial charge in [-0.15, -0.1) is 0 Å². The molecule has 0 radical (unpaired) electrons. The summed E-state index contributed by atoms with van der Waals surface area (Å²) in [5.74, 6) is -0.194. The summed E-state index contributed by atoms with van der Waals surface area (Å²) in [5.41, 5.74) is 2.91. The molecule has 0 saturated carbocycles. The van der Waals surface area contributed by atoms with E-state index >= 15 is 0 Å². The molecule has 188 valence electrons. The van der Waals surface area contributed by atoms with Crippen LogP contribution in [0.4, 0.5) is 24.5 Å². The van der Waals surface area contributed by atoms with Crippen LogP contribution in [0.3, 0.4) is 0 Å². The van der Waals surface area contributed by atoms with Gasteiger partial charge in [0.1, 0.15) is 5.69 Å². The molecule has 11 heteroatoms. The largest absolute Gasteiger partial charge is 0.416 e. The van der Waals surface area contributed by atoms with Gasteiger partial charge in [0.25, 0.3) is 11.6 Å². The number of benzene rings is 2. The molecule has 1 aromatic heterocycles. The molecule has 1 aliphatic carbocycles. The molecule has 0 atom stereocenters. The number of anilines is 1. The molecule has 2 aliphatic rings. The summed E-state index contributed by atoms with van der Waals surface area (Å²) in [4.78, 5) is 27.4. The Labute approximate surface area is 205 Å². The quantitative estimate of drug-likeness (QED) is 0.388. The third kappa shape index (κ3) is 4.29. The Bertz CT molecular complexity index is 1330. The second-order valence-electron chi connectivity index (χ2n) is 9.11. The third-order valence-corrected chi connectivity index (χ3v) is 6.82. The first-order chi connectivity index (χ1) is 17.1. The average Bonchev–Trinajstić information content (AvgIpc) is 3.46. The van der Waals surface area contributed by atoms with Crippen LogP contribution in [0.1, 0.15) is 39.3 Å². The third-order valence-electron chi connectivity index (χ3n) is 6.82. The van der Waals surface area contributed by atoms with Crippen molar-refractivity contribution in [3.8, 4) is 5.69 Å². The molecule has 1 fully saturated rings. The van der Waals surface area contributed by atoms with Crippen LogP contribution in [0.15, 0.2) is 42.5 Å². The first-order valence-electron chi connectivity index (χ1n) is 11.7. The van der Waals surface area contributed by atoms with Crippen molar-refractivity contribution < 1.29 is 22.9 Å². The van der Waals surface area contributed by atoms with E-state index in [0.29, 0.717) is 11.8 Å². The lowest BCUT2D eigenvalue weighted by Gasteiger charge is -2.35. The van der Waals surface area contributed by atoms with E-state index in [1.165, 1.54) is 0 Å². The zero-order valence-corrected chi connectivity index (χ0v) is 19.6. The molecule has 3 aromatic rings. The SMILES string of the molecule is Cc1ccc(-n2nc(C(=O)N3CCN(c4ccc(C(F)(F)F)cc4[N+](=O)[O-])CC3)c3c2CCC3)cc1. The highest BCUT2D eigenvalue weighted by atomic mass is 19.4. The van der Waals surface area contributed by atoms with Crippen LogP contribution in [-0.2, 0) is 19.0 Å². The lowest BCUT2D eigenvalue weighted by atomic mass is 10.1. The van der Waals surface area contributed by atoms with Gasteiger partial charge in [-0.3, -0.25) is 14.9 Å². The average molecular weight is 499 g/mol. The minimum Gasteiger partial charge on any atom is -0.362 e. The van der Waals surface area contributed by atoms with Crippen LogP contribution in [0.5, 0.6) is 0 Å². The van der Waals surface area contributed by atoms with Gasteiger partial charge >= 0.3 is 6.18 Å². The van der Waals surface area contributed by atoms with Gasteiger partial charge in [-0.25, -0.2) is 4.68 Å². The first kappa shape index (κ1) is 23.8. The molecule has 1 amide bonds. The van der Waals surface area contributed by atoms with Crippen molar-refractivity contribution in [2.75, 3.05) is 31.1 Å². The fraction of sp³-hybridized carbons (Fsp3) is 0.360. The van der Waals surface area contributed by atoms with Crippen LogP contribution in [0, 0.1) is 17.0 Å². The van der Waals surface area contributed by atoms with Gasteiger partial charge in [0.05, 0.1) is 16.2 Å². The number of amides is 1. The van der Waals surface area contributed by atoms with E-state index in [0.717, 1.165) is 53.9 Å². The number of piperazine rings is 1. The van der Waals surface area contributed by atoms with Crippen molar-refractivity contribution in [2.45, 2.75) is 32.4 Å². The van der Waals surface area contributed by atoms with Crippen molar-refractivity contribution in [3.63, 3.8) is 0 Å². The van der Waals surface area contributed by atoms with Crippen molar-refractivity contribution in [3.05, 3.63) is 80.7 Å². The first-order valence-corrected chi connectivity index (χ1v) is 11.7. The minimum absolute atomic E-state index is 0.115. The fourth-order valence-electron chi connectivity index (χ4n) is 4.92. The molecule has 8 nitrogen and oxygen atoms in total. The number of aromatic nitrogens is 2. The van der Waals surface area contributed by atoms with E-state index in [9.17, 15) is 28.1 Å². The van der Waals surface area contributed by atoms with Crippen LogP contribution < -0.4 is 4.90 Å². The van der Waals surface area contributed by atoms with E-state index in [-0.39, 0.29) is 37.8 Å². The molecule has 0 spiro atoms. The normalized spacial score (nSPS) is 15.8. The minimum atomic E-state index is -4.67. The van der Waals surface area contributed by atoms with Crippen LogP contribution in [0.25, 0.3) is 5.69 Å². The number of hydrogen-bond donors (Lipinski definition) is 0. The summed E-state index contributed by atoms with van der Waals surface area (Å²) in [5, 5.41) is 16.2. The van der Waals surface area contributed by atoms with Crippen molar-refractivity contribution >= 4 is 17.3 Å². The molecule has 0 unspecified atom stereocenters. The Kier molecular flexibility index (Phi) is 5.93. The maximum atomic E-state index is 13.4. The number of carbonyl (C=O) groups is 1. The highest BCUT2D eigenvalue weighted by molar-refractivity contribution is 5.94. The molecule has 0 N–H and O–H groups in total. The summed E-state index contributed by atoms with van der Waals surface area (Å²) in [6, 6.07) is 10.5. The van der Waals surface area contributed by atoms with Gasteiger partial charge in [0, 0.05) is 43.5 Å². The topological polar surface area (TPSA) is 84.5 Å². The van der Waals surface area contributed by atoms with Crippen LogP contribution >= 0.6 is 0 Å². The Hall–Kier alpha value is -3.89. The van der Waals surface area contributed by atoms with Gasteiger partial charge in [0.2, 0.25) is 0 Å². The van der Waals surface area contributed by atoms with Gasteiger partial charge in [-0.05, 0) is 50.5 Å². The molecule has 1 saturated heterocycles. The Balaban J connectivity index is 1.35. The van der Waals surface area contributed by atoms with Crippen molar-refractivity contribution in [1.82, 2.24) is 14.7 Å². The number of nitro benzene ring substituents is 1. The van der Waals surface area contributed by atoms with E-state index in [1.54, 1.807) is 9.80 Å². The zero-order chi connectivity index (χ0) is 25.6. The Morgan fingerprint density at radius 1 is 1.03 bits per heavy atom. The Morgan fingerprint density at radius 2 is 1.72 bits per heavy atom. The molecule has 0 bridgehead atoms. The maximum absolute atomic E-state index is 13.4. The number of fused-ring (bicyclic) bond motifs is 1. The lowest BCUT2D eigenvalue weighted by molar-refractivity contribution is -0.384. The van der Waals surface area contributed by atoms with E-state index in [4.69, 9.17) is 0 Å². The molecule has 2 aromatic carbocycles. The summed E-state index contributed by atoms with van der Waals surface area (Å²) in [6.07, 6.45) is -2.10. The lowest BCUT2D eigenvalue weighted by Crippen LogP contribution is -2.49. The number of rotatable bonds is 4. The standard InChI is InChI=1S/C25H24F3N5O3/c1-16-5-8-18(9-6-16)32-20-4-2-3-19(20)23(29-32)24(34)31-13-11-30(12-14-31)21-10-7-17(25(26,27)28)15-22(21)33(35)36/h5-10,15H,2-4,11-14H2,1H3. The zero-order valence-electron chi connectivity index (χ0n) is 19.6. The Morgan fingerprint density at radius 3 is 2.36 bits per heavy atom. The second kappa shape index (κ2) is 8.96. The number of alkyl halides is 3. The fourth-order valence-corrected chi connectivity index (χ4v) is 4.92. The molecular formula is C25H24F3N5O3. The van der Waals surface area contributed by atoms with Gasteiger partial charge in [0.15, 0.2) is 5.69 Å². The van der Waals surface area contributed by atoms with Gasteiger partial charge in [-0.1, -0.05) is 17.7 Å².